The molecule has 7 heteroatoms. The van der Waals surface area contributed by atoms with E-state index in [2.05, 4.69) is 11.7 Å². The Balaban J connectivity index is 1.29. The van der Waals surface area contributed by atoms with Gasteiger partial charge in [-0.15, -0.1) is 0 Å². The molecule has 2 saturated carbocycles. The van der Waals surface area contributed by atoms with Crippen molar-refractivity contribution in [1.29, 1.82) is 0 Å². The van der Waals surface area contributed by atoms with E-state index < -0.39 is 30.0 Å². The Bertz CT molecular complexity index is 978. The summed E-state index contributed by atoms with van der Waals surface area (Å²) >= 11 is 0. The van der Waals surface area contributed by atoms with E-state index in [0.29, 0.717) is 12.0 Å². The minimum atomic E-state index is -3.70. The van der Waals surface area contributed by atoms with Crippen molar-refractivity contribution in [2.75, 3.05) is 0 Å². The maximum atomic E-state index is 14.7. The quantitative estimate of drug-likeness (QED) is 0.288. The largest absolute Gasteiger partial charge is 0.432 e. The zero-order valence-corrected chi connectivity index (χ0v) is 21.4. The third kappa shape index (κ3) is 7.38. The van der Waals surface area contributed by atoms with Crippen molar-refractivity contribution in [3.63, 3.8) is 0 Å². The highest BCUT2D eigenvalue weighted by Gasteiger charge is 2.36. The number of unbranched alkanes of at least 4 members (excludes halogenated alkanes) is 1. The second-order valence-corrected chi connectivity index (χ2v) is 10.7. The minimum absolute atomic E-state index is 0.349. The average molecular weight is 525 g/mol. The first-order chi connectivity index (χ1) is 17.7. The highest BCUT2D eigenvalue weighted by atomic mass is 19.3. The molecule has 0 aliphatic heterocycles. The van der Waals surface area contributed by atoms with Gasteiger partial charge in [0.1, 0.15) is 5.75 Å². The molecule has 4 rings (SSSR count). The van der Waals surface area contributed by atoms with Crippen LogP contribution in [0.25, 0.3) is 0 Å². The molecule has 0 unspecified atom stereocenters. The summed E-state index contributed by atoms with van der Waals surface area (Å²) in [7, 11) is 0. The lowest BCUT2D eigenvalue weighted by Crippen LogP contribution is -2.25. The zero-order valence-electron chi connectivity index (χ0n) is 21.4. The van der Waals surface area contributed by atoms with Crippen LogP contribution in [0.5, 0.6) is 11.5 Å². The van der Waals surface area contributed by atoms with Gasteiger partial charge in [0.2, 0.25) is 0 Å². The van der Waals surface area contributed by atoms with Gasteiger partial charge in [0.05, 0.1) is 5.56 Å². The summed E-state index contributed by atoms with van der Waals surface area (Å²) in [5, 5.41) is 0. The van der Waals surface area contributed by atoms with Crippen LogP contribution < -0.4 is 9.47 Å². The number of halogens is 5. The lowest BCUT2D eigenvalue weighted by Gasteiger charge is -2.38. The molecule has 2 aromatic rings. The van der Waals surface area contributed by atoms with Crippen LogP contribution in [0.4, 0.5) is 22.0 Å². The van der Waals surface area contributed by atoms with Crippen LogP contribution in [0, 0.1) is 23.6 Å². The maximum Gasteiger partial charge on any atom is 0.426 e. The molecule has 204 valence electrons. The van der Waals surface area contributed by atoms with Crippen LogP contribution in [0.1, 0.15) is 94.6 Å². The summed E-state index contributed by atoms with van der Waals surface area (Å²) in [4.78, 5) is 0. The predicted octanol–water partition coefficient (Wildman–Crippen LogP) is 9.83. The van der Waals surface area contributed by atoms with E-state index in [1.54, 1.807) is 12.1 Å². The van der Waals surface area contributed by atoms with Gasteiger partial charge in [-0.3, -0.25) is 0 Å². The Labute approximate surface area is 216 Å². The monoisotopic (exact) mass is 524 g/mol. The lowest BCUT2D eigenvalue weighted by atomic mass is 9.68. The number of ether oxygens (including phenoxy) is 2. The maximum absolute atomic E-state index is 14.7. The fourth-order valence-corrected chi connectivity index (χ4v) is 6.26. The molecule has 2 nitrogen and oxygen atoms in total. The van der Waals surface area contributed by atoms with Crippen LogP contribution in [0.2, 0.25) is 0 Å². The van der Waals surface area contributed by atoms with Crippen molar-refractivity contribution in [1.82, 2.24) is 0 Å². The zero-order chi connectivity index (χ0) is 26.4. The Morgan fingerprint density at radius 2 is 1.49 bits per heavy atom. The third-order valence-corrected chi connectivity index (χ3v) is 8.38. The summed E-state index contributed by atoms with van der Waals surface area (Å²) in [6.45, 7) is -0.955. The number of alkyl halides is 4. The predicted molar refractivity (Wildman–Crippen MR) is 134 cm³/mol. The molecule has 2 aromatic carbocycles. The molecule has 0 bridgehead atoms. The first-order valence-electron chi connectivity index (χ1n) is 13.7. The van der Waals surface area contributed by atoms with Crippen molar-refractivity contribution in [3.05, 3.63) is 59.4 Å². The number of hydrogen-bond acceptors (Lipinski definition) is 2. The van der Waals surface area contributed by atoms with Gasteiger partial charge in [0.15, 0.2) is 11.6 Å². The van der Waals surface area contributed by atoms with Crippen LogP contribution in [0.3, 0.4) is 0 Å². The number of rotatable bonds is 10. The first-order valence-corrected chi connectivity index (χ1v) is 13.7. The molecule has 0 spiro atoms. The Kier molecular flexibility index (Phi) is 9.36. The third-order valence-electron chi connectivity index (χ3n) is 8.38. The fourth-order valence-electron chi connectivity index (χ4n) is 6.26. The topological polar surface area (TPSA) is 18.5 Å². The molecule has 2 aliphatic carbocycles. The van der Waals surface area contributed by atoms with Gasteiger partial charge in [-0.05, 0) is 92.0 Å². The summed E-state index contributed by atoms with van der Waals surface area (Å²) < 4.78 is 76.5. The average Bonchev–Trinajstić information content (AvgIpc) is 2.89. The van der Waals surface area contributed by atoms with Gasteiger partial charge in [0.25, 0.3) is 0 Å². The number of hydrogen-bond donors (Lipinski definition) is 0. The molecule has 0 saturated heterocycles. The second kappa shape index (κ2) is 12.5. The van der Waals surface area contributed by atoms with E-state index >= 15 is 0 Å². The van der Waals surface area contributed by atoms with Crippen molar-refractivity contribution in [2.45, 2.75) is 96.2 Å². The Morgan fingerprint density at radius 3 is 2.05 bits per heavy atom. The first kappa shape index (κ1) is 27.7. The van der Waals surface area contributed by atoms with E-state index in [4.69, 9.17) is 4.74 Å². The van der Waals surface area contributed by atoms with Gasteiger partial charge < -0.3 is 9.47 Å². The van der Waals surface area contributed by atoms with Gasteiger partial charge in [-0.1, -0.05) is 51.2 Å². The summed E-state index contributed by atoms with van der Waals surface area (Å²) in [5.41, 5.74) is 0.707. The molecule has 2 aliphatic rings. The van der Waals surface area contributed by atoms with Crippen LogP contribution in [-0.2, 0) is 6.11 Å². The van der Waals surface area contributed by atoms with Gasteiger partial charge in [-0.2, -0.15) is 17.6 Å². The fraction of sp³-hybridized carbons (Fsp3) is 0.600. The molecule has 0 radical (unpaired) electrons. The summed E-state index contributed by atoms with van der Waals surface area (Å²) in [5.74, 6) is 0.513. The smallest absolute Gasteiger partial charge is 0.426 e. The summed E-state index contributed by atoms with van der Waals surface area (Å²) in [6, 6.07) is 8.58. The van der Waals surface area contributed by atoms with Crippen LogP contribution in [-0.4, -0.2) is 6.61 Å². The van der Waals surface area contributed by atoms with E-state index in [-0.39, 0.29) is 5.56 Å². The molecule has 37 heavy (non-hydrogen) atoms. The van der Waals surface area contributed by atoms with Crippen LogP contribution in [0.15, 0.2) is 42.5 Å². The lowest BCUT2D eigenvalue weighted by molar-refractivity contribution is -0.185. The van der Waals surface area contributed by atoms with Crippen LogP contribution >= 0.6 is 0 Å². The normalized spacial score (nSPS) is 24.7. The molecule has 0 atom stereocenters. The van der Waals surface area contributed by atoms with Gasteiger partial charge in [0, 0.05) is 6.07 Å². The number of benzene rings is 2. The highest BCUT2D eigenvalue weighted by Crippen LogP contribution is 2.45. The van der Waals surface area contributed by atoms with Crippen molar-refractivity contribution in [2.24, 2.45) is 17.8 Å². The molecule has 0 amide bonds. The van der Waals surface area contributed by atoms with E-state index in [0.717, 1.165) is 48.3 Å². The summed E-state index contributed by atoms with van der Waals surface area (Å²) in [6.07, 6.45) is 10.4. The SMILES string of the molecule is CCCC[C@H]1CC[C@H](C2CCC(c3ccc(C(F)(F)Oc4ccc(OC(F)F)c(F)c4)cc3)CC2)CC1. The van der Waals surface area contributed by atoms with Crippen molar-refractivity contribution >= 4 is 0 Å². The van der Waals surface area contributed by atoms with E-state index in [1.807, 2.05) is 0 Å². The van der Waals surface area contributed by atoms with E-state index in [1.165, 1.54) is 69.9 Å². The Morgan fingerprint density at radius 1 is 0.865 bits per heavy atom. The molecule has 0 heterocycles. The van der Waals surface area contributed by atoms with E-state index in [9.17, 15) is 22.0 Å². The van der Waals surface area contributed by atoms with Crippen molar-refractivity contribution in [3.8, 4) is 11.5 Å². The van der Waals surface area contributed by atoms with Gasteiger partial charge >= 0.3 is 12.7 Å². The molecule has 2 fully saturated rings. The Hall–Kier alpha value is -2.31. The molecular weight excluding hydrogens is 487 g/mol. The molecule has 0 aromatic heterocycles. The molecular formula is C30H37F5O2. The van der Waals surface area contributed by atoms with Gasteiger partial charge in [-0.25, -0.2) is 4.39 Å². The highest BCUT2D eigenvalue weighted by molar-refractivity contribution is 5.34. The second-order valence-electron chi connectivity index (χ2n) is 10.7. The standard InChI is InChI=1S/C30H37F5O2/c1-2-3-4-20-5-7-21(8-6-20)22-9-11-23(12-10-22)24-13-15-25(16-14-24)30(34,35)37-26-17-18-28(27(31)19-26)36-29(32)33/h13-23,29H,2-12H2,1H3/t20-,21-,22?,23?. The molecule has 0 N–H and O–H groups in total. The van der Waals surface area contributed by atoms with Crippen molar-refractivity contribution < 1.29 is 31.4 Å². The minimum Gasteiger partial charge on any atom is -0.432 e.